The lowest BCUT2D eigenvalue weighted by Gasteiger charge is -2.44. The van der Waals surface area contributed by atoms with E-state index in [1.807, 2.05) is 23.9 Å². The summed E-state index contributed by atoms with van der Waals surface area (Å²) in [7, 11) is 0. The standard InChI is InChI=1S/C14H16N2OS/c15-8-11-5-4-10(9-16-11)14(17)6-12-2-1-3-13(7-14)18-12/h4-5,9,12-13,17H,1-3,6-7H2. The Morgan fingerprint density at radius 1 is 1.33 bits per heavy atom. The first kappa shape index (κ1) is 12.0. The van der Waals surface area contributed by atoms with Gasteiger partial charge in [0.2, 0.25) is 0 Å². The summed E-state index contributed by atoms with van der Waals surface area (Å²) < 4.78 is 0. The minimum absolute atomic E-state index is 0.410. The van der Waals surface area contributed by atoms with E-state index in [0.29, 0.717) is 16.2 Å². The Kier molecular flexibility index (Phi) is 3.04. The third-order valence-corrected chi connectivity index (χ3v) is 5.56. The van der Waals surface area contributed by atoms with E-state index in [4.69, 9.17) is 5.26 Å². The monoisotopic (exact) mass is 260 g/mol. The van der Waals surface area contributed by atoms with Gasteiger partial charge in [0.05, 0.1) is 5.60 Å². The summed E-state index contributed by atoms with van der Waals surface area (Å²) in [6.07, 6.45) is 7.04. The number of rotatable bonds is 1. The molecule has 0 amide bonds. The van der Waals surface area contributed by atoms with Gasteiger partial charge in [-0.15, -0.1) is 0 Å². The highest BCUT2D eigenvalue weighted by Crippen LogP contribution is 2.49. The molecule has 2 unspecified atom stereocenters. The van der Waals surface area contributed by atoms with Crippen molar-refractivity contribution in [1.29, 1.82) is 5.26 Å². The van der Waals surface area contributed by atoms with E-state index in [1.165, 1.54) is 19.3 Å². The fourth-order valence-electron chi connectivity index (χ4n) is 3.09. The minimum Gasteiger partial charge on any atom is -0.385 e. The first-order chi connectivity index (χ1) is 8.69. The van der Waals surface area contributed by atoms with Crippen LogP contribution < -0.4 is 0 Å². The van der Waals surface area contributed by atoms with Crippen LogP contribution in [0.3, 0.4) is 0 Å². The van der Waals surface area contributed by atoms with Crippen molar-refractivity contribution in [2.24, 2.45) is 0 Å². The normalized spacial score (nSPS) is 34.9. The van der Waals surface area contributed by atoms with E-state index in [-0.39, 0.29) is 0 Å². The summed E-state index contributed by atoms with van der Waals surface area (Å²) >= 11 is 2.05. The van der Waals surface area contributed by atoms with Crippen LogP contribution >= 0.6 is 11.8 Å². The summed E-state index contributed by atoms with van der Waals surface area (Å²) in [5, 5.41) is 20.8. The third-order valence-electron chi connectivity index (χ3n) is 3.98. The molecular weight excluding hydrogens is 244 g/mol. The number of aliphatic hydroxyl groups is 1. The van der Waals surface area contributed by atoms with Crippen molar-refractivity contribution in [2.45, 2.75) is 48.2 Å². The van der Waals surface area contributed by atoms with Gasteiger partial charge in [-0.2, -0.15) is 17.0 Å². The molecule has 18 heavy (non-hydrogen) atoms. The van der Waals surface area contributed by atoms with Crippen LogP contribution in [-0.2, 0) is 5.60 Å². The fourth-order valence-corrected chi connectivity index (χ4v) is 4.98. The number of hydrogen-bond acceptors (Lipinski definition) is 4. The number of aromatic nitrogens is 1. The molecule has 0 radical (unpaired) electrons. The smallest absolute Gasteiger partial charge is 0.140 e. The van der Waals surface area contributed by atoms with Crippen molar-refractivity contribution in [2.75, 3.05) is 0 Å². The van der Waals surface area contributed by atoms with Gasteiger partial charge < -0.3 is 5.11 Å². The lowest BCUT2D eigenvalue weighted by atomic mass is 9.81. The van der Waals surface area contributed by atoms with Crippen molar-refractivity contribution >= 4 is 11.8 Å². The second kappa shape index (κ2) is 4.56. The highest BCUT2D eigenvalue weighted by atomic mass is 32.2. The first-order valence-corrected chi connectivity index (χ1v) is 7.38. The zero-order valence-corrected chi connectivity index (χ0v) is 11.0. The number of nitrogens with zero attached hydrogens (tertiary/aromatic N) is 2. The summed E-state index contributed by atoms with van der Waals surface area (Å²) in [6.45, 7) is 0. The van der Waals surface area contributed by atoms with Crippen LogP contribution in [0.5, 0.6) is 0 Å². The lowest BCUT2D eigenvalue weighted by Crippen LogP contribution is -2.40. The Labute approximate surface area is 111 Å². The minimum atomic E-state index is -0.734. The highest BCUT2D eigenvalue weighted by molar-refractivity contribution is 8.00. The van der Waals surface area contributed by atoms with Crippen LogP contribution in [0.1, 0.15) is 43.4 Å². The van der Waals surface area contributed by atoms with Gasteiger partial charge in [-0.25, -0.2) is 4.98 Å². The number of pyridine rings is 1. The molecule has 94 valence electrons. The summed E-state index contributed by atoms with van der Waals surface area (Å²) in [6, 6.07) is 5.57. The van der Waals surface area contributed by atoms with Crippen LogP contribution in [0.25, 0.3) is 0 Å². The molecular formula is C14H16N2OS. The van der Waals surface area contributed by atoms with E-state index < -0.39 is 5.60 Å². The Morgan fingerprint density at radius 3 is 2.61 bits per heavy atom. The predicted octanol–water partition coefficient (Wildman–Crippen LogP) is 2.59. The average Bonchev–Trinajstić information content (AvgIpc) is 2.38. The van der Waals surface area contributed by atoms with E-state index in [1.54, 1.807) is 12.3 Å². The van der Waals surface area contributed by atoms with Gasteiger partial charge in [0, 0.05) is 22.3 Å². The van der Waals surface area contributed by atoms with Gasteiger partial charge >= 0.3 is 0 Å². The molecule has 0 aliphatic carbocycles. The molecule has 3 heterocycles. The number of thioether (sulfide) groups is 1. The van der Waals surface area contributed by atoms with Gasteiger partial charge in [-0.1, -0.05) is 12.5 Å². The molecule has 1 aromatic heterocycles. The zero-order valence-electron chi connectivity index (χ0n) is 10.2. The van der Waals surface area contributed by atoms with Gasteiger partial charge in [0.25, 0.3) is 0 Å². The molecule has 3 rings (SSSR count). The molecule has 4 heteroatoms. The largest absolute Gasteiger partial charge is 0.385 e. The van der Waals surface area contributed by atoms with Crippen LogP contribution in [0, 0.1) is 11.3 Å². The molecule has 0 spiro atoms. The van der Waals surface area contributed by atoms with Crippen molar-refractivity contribution < 1.29 is 5.11 Å². The van der Waals surface area contributed by atoms with E-state index in [2.05, 4.69) is 4.98 Å². The molecule has 2 aliphatic rings. The molecule has 2 atom stereocenters. The summed E-state index contributed by atoms with van der Waals surface area (Å²) in [5.74, 6) is 0. The van der Waals surface area contributed by atoms with Crippen molar-refractivity contribution in [3.63, 3.8) is 0 Å². The number of nitriles is 1. The van der Waals surface area contributed by atoms with Gasteiger partial charge in [0.15, 0.2) is 0 Å². The molecule has 1 N–H and O–H groups in total. The molecule has 2 bridgehead atoms. The first-order valence-electron chi connectivity index (χ1n) is 6.44. The SMILES string of the molecule is N#Cc1ccc(C2(O)CC3CCCC(C2)S3)cn1. The van der Waals surface area contributed by atoms with E-state index in [9.17, 15) is 5.11 Å². The Balaban J connectivity index is 1.87. The molecule has 0 aromatic carbocycles. The van der Waals surface area contributed by atoms with Crippen molar-refractivity contribution in [3.05, 3.63) is 29.6 Å². The van der Waals surface area contributed by atoms with E-state index in [0.717, 1.165) is 18.4 Å². The zero-order chi connectivity index (χ0) is 12.6. The second-order valence-electron chi connectivity index (χ2n) is 5.29. The van der Waals surface area contributed by atoms with Crippen molar-refractivity contribution in [1.82, 2.24) is 4.98 Å². The Bertz CT molecular complexity index is 468. The molecule has 2 aliphatic heterocycles. The van der Waals surface area contributed by atoms with Gasteiger partial charge in [-0.05, 0) is 31.7 Å². The third kappa shape index (κ3) is 2.13. The molecule has 1 aromatic rings. The summed E-state index contributed by atoms with van der Waals surface area (Å²) in [5.41, 5.74) is 0.550. The van der Waals surface area contributed by atoms with Crippen LogP contribution in [-0.4, -0.2) is 20.6 Å². The molecule has 2 saturated heterocycles. The fraction of sp³-hybridized carbons (Fsp3) is 0.571. The average molecular weight is 260 g/mol. The Hall–Kier alpha value is -1.05. The Morgan fingerprint density at radius 2 is 2.06 bits per heavy atom. The quantitative estimate of drug-likeness (QED) is 0.843. The summed E-state index contributed by atoms with van der Waals surface area (Å²) in [4.78, 5) is 4.08. The van der Waals surface area contributed by atoms with Crippen molar-refractivity contribution in [3.8, 4) is 6.07 Å². The van der Waals surface area contributed by atoms with Gasteiger partial charge in [0.1, 0.15) is 11.8 Å². The second-order valence-corrected chi connectivity index (χ2v) is 6.90. The van der Waals surface area contributed by atoms with Crippen LogP contribution in [0.4, 0.5) is 0 Å². The maximum Gasteiger partial charge on any atom is 0.140 e. The highest BCUT2D eigenvalue weighted by Gasteiger charge is 2.42. The molecule has 0 saturated carbocycles. The molecule has 2 fully saturated rings. The molecule has 3 nitrogen and oxygen atoms in total. The van der Waals surface area contributed by atoms with Crippen LogP contribution in [0.15, 0.2) is 18.3 Å². The number of hydrogen-bond donors (Lipinski definition) is 1. The maximum absolute atomic E-state index is 10.9. The number of fused-ring (bicyclic) bond motifs is 2. The topological polar surface area (TPSA) is 56.9 Å². The lowest BCUT2D eigenvalue weighted by molar-refractivity contribution is 0.00782. The van der Waals surface area contributed by atoms with E-state index >= 15 is 0 Å². The predicted molar refractivity (Wildman–Crippen MR) is 71.1 cm³/mol. The van der Waals surface area contributed by atoms with Crippen LogP contribution in [0.2, 0.25) is 0 Å². The van der Waals surface area contributed by atoms with Gasteiger partial charge in [-0.3, -0.25) is 0 Å². The maximum atomic E-state index is 10.9.